The Balaban J connectivity index is 2.17. The third-order valence-electron chi connectivity index (χ3n) is 3.27. The van der Waals surface area contributed by atoms with Crippen LogP contribution in [0.1, 0.15) is 22.8 Å². The van der Waals surface area contributed by atoms with E-state index < -0.39 is 0 Å². The van der Waals surface area contributed by atoms with Crippen molar-refractivity contribution in [3.8, 4) is 0 Å². The molecule has 0 saturated heterocycles. The van der Waals surface area contributed by atoms with Crippen molar-refractivity contribution in [2.45, 2.75) is 16.7 Å². The highest BCUT2D eigenvalue weighted by Crippen LogP contribution is 2.21. The predicted molar refractivity (Wildman–Crippen MR) is 94.4 cm³/mol. The first-order valence-corrected chi connectivity index (χ1v) is 9.10. The van der Waals surface area contributed by atoms with Crippen LogP contribution in [0.5, 0.6) is 0 Å². The second-order valence-corrected chi connectivity index (χ2v) is 6.41. The van der Waals surface area contributed by atoms with Gasteiger partial charge < -0.3 is 0 Å². The number of carbonyl (C=O) groups is 1. The molecule has 21 heavy (non-hydrogen) atoms. The number of thioether (sulfide) groups is 2. The van der Waals surface area contributed by atoms with E-state index in [2.05, 4.69) is 30.5 Å². The van der Waals surface area contributed by atoms with Crippen LogP contribution in [0.3, 0.4) is 0 Å². The molecule has 0 atom stereocenters. The van der Waals surface area contributed by atoms with Gasteiger partial charge in [0, 0.05) is 15.4 Å². The number of hydrogen-bond donors (Lipinski definition) is 0. The van der Waals surface area contributed by atoms with Crippen LogP contribution in [0.25, 0.3) is 5.57 Å². The summed E-state index contributed by atoms with van der Waals surface area (Å²) in [4.78, 5) is 14.7. The molecule has 3 heteroatoms. The fourth-order valence-corrected chi connectivity index (χ4v) is 2.79. The van der Waals surface area contributed by atoms with Gasteiger partial charge in [-0.05, 0) is 73.0 Å². The maximum atomic E-state index is 12.3. The summed E-state index contributed by atoms with van der Waals surface area (Å²) in [5.74, 6) is 0.0501. The predicted octanol–water partition coefficient (Wildman–Crippen LogP) is 5.42. The van der Waals surface area contributed by atoms with Crippen LogP contribution in [0.4, 0.5) is 0 Å². The zero-order valence-corrected chi connectivity index (χ0v) is 14.1. The average molecular weight is 314 g/mol. The summed E-state index contributed by atoms with van der Waals surface area (Å²) in [7, 11) is 0. The first-order chi connectivity index (χ1) is 10.1. The Morgan fingerprint density at radius 1 is 0.810 bits per heavy atom. The fourth-order valence-electron chi connectivity index (χ4n) is 1.97. The van der Waals surface area contributed by atoms with Gasteiger partial charge in [0.25, 0.3) is 0 Å². The molecule has 0 saturated carbocycles. The van der Waals surface area contributed by atoms with Crippen molar-refractivity contribution in [2.24, 2.45) is 0 Å². The van der Waals surface area contributed by atoms with Crippen LogP contribution < -0.4 is 0 Å². The van der Waals surface area contributed by atoms with E-state index in [1.54, 1.807) is 29.6 Å². The first kappa shape index (κ1) is 15.9. The average Bonchev–Trinajstić information content (AvgIpc) is 2.55. The minimum atomic E-state index is 0.0501. The Kier molecular flexibility index (Phi) is 5.71. The van der Waals surface area contributed by atoms with E-state index in [9.17, 15) is 4.79 Å². The van der Waals surface area contributed by atoms with Crippen molar-refractivity contribution in [3.63, 3.8) is 0 Å². The van der Waals surface area contributed by atoms with Gasteiger partial charge in [0.1, 0.15) is 0 Å². The summed E-state index contributed by atoms with van der Waals surface area (Å²) < 4.78 is 0. The Morgan fingerprint density at radius 2 is 1.24 bits per heavy atom. The smallest absolute Gasteiger partial charge is 0.186 e. The van der Waals surface area contributed by atoms with Crippen molar-refractivity contribution < 1.29 is 4.79 Å². The van der Waals surface area contributed by atoms with E-state index in [0.717, 1.165) is 16.7 Å². The van der Waals surface area contributed by atoms with E-state index in [0.29, 0.717) is 0 Å². The molecule has 0 aromatic heterocycles. The van der Waals surface area contributed by atoms with E-state index >= 15 is 0 Å². The van der Waals surface area contributed by atoms with Crippen molar-refractivity contribution in [1.82, 2.24) is 0 Å². The molecule has 0 radical (unpaired) electrons. The maximum absolute atomic E-state index is 12.3. The minimum absolute atomic E-state index is 0.0501. The van der Waals surface area contributed by atoms with Crippen LogP contribution in [-0.2, 0) is 0 Å². The van der Waals surface area contributed by atoms with Gasteiger partial charge in [-0.15, -0.1) is 23.5 Å². The molecule has 0 aliphatic heterocycles. The minimum Gasteiger partial charge on any atom is -0.289 e. The molecule has 0 bridgehead atoms. The Bertz CT molecular complexity index is 640. The standard InChI is InChI=1S/C18H18OS2/c1-13(14-4-8-16(20-2)9-5-14)12-18(19)15-6-10-17(21-3)11-7-15/h4-12H,1-3H3/b13-12+. The van der Waals surface area contributed by atoms with Crippen molar-refractivity contribution >= 4 is 34.9 Å². The van der Waals surface area contributed by atoms with Gasteiger partial charge in [0.05, 0.1) is 0 Å². The van der Waals surface area contributed by atoms with Crippen molar-refractivity contribution in [2.75, 3.05) is 12.5 Å². The van der Waals surface area contributed by atoms with Gasteiger partial charge in [-0.25, -0.2) is 0 Å². The van der Waals surface area contributed by atoms with Gasteiger partial charge in [0.15, 0.2) is 5.78 Å². The highest BCUT2D eigenvalue weighted by atomic mass is 32.2. The van der Waals surface area contributed by atoms with Gasteiger partial charge >= 0.3 is 0 Å². The zero-order chi connectivity index (χ0) is 15.2. The SMILES string of the molecule is CSc1ccc(C(=O)/C=C(\C)c2ccc(SC)cc2)cc1. The second kappa shape index (κ2) is 7.53. The zero-order valence-electron chi connectivity index (χ0n) is 12.4. The van der Waals surface area contributed by atoms with Crippen molar-refractivity contribution in [3.05, 3.63) is 65.7 Å². The second-order valence-electron chi connectivity index (χ2n) is 4.65. The summed E-state index contributed by atoms with van der Waals surface area (Å²) in [6.07, 6.45) is 5.79. The Labute approximate surface area is 134 Å². The normalized spacial score (nSPS) is 11.5. The van der Waals surface area contributed by atoms with E-state index in [4.69, 9.17) is 0 Å². The lowest BCUT2D eigenvalue weighted by atomic mass is 10.0. The summed E-state index contributed by atoms with van der Waals surface area (Å²) in [6.45, 7) is 1.97. The van der Waals surface area contributed by atoms with E-state index in [1.807, 2.05) is 37.4 Å². The third-order valence-corrected chi connectivity index (χ3v) is 4.75. The molecule has 0 N–H and O–H groups in total. The largest absolute Gasteiger partial charge is 0.289 e. The number of ketones is 1. The van der Waals surface area contributed by atoms with Crippen LogP contribution in [0.15, 0.2) is 64.4 Å². The Morgan fingerprint density at radius 3 is 1.67 bits per heavy atom. The lowest BCUT2D eigenvalue weighted by Gasteiger charge is -2.04. The van der Waals surface area contributed by atoms with Crippen LogP contribution >= 0.6 is 23.5 Å². The first-order valence-electron chi connectivity index (χ1n) is 6.65. The molecule has 2 rings (SSSR count). The van der Waals surface area contributed by atoms with Gasteiger partial charge in [-0.3, -0.25) is 4.79 Å². The molecule has 0 aliphatic carbocycles. The quantitative estimate of drug-likeness (QED) is 0.417. The number of benzene rings is 2. The molecule has 0 unspecified atom stereocenters. The summed E-state index contributed by atoms with van der Waals surface area (Å²) >= 11 is 3.39. The molecular formula is C18H18OS2. The van der Waals surface area contributed by atoms with Crippen LogP contribution in [0.2, 0.25) is 0 Å². The number of rotatable bonds is 5. The molecule has 0 heterocycles. The molecule has 0 fully saturated rings. The van der Waals surface area contributed by atoms with E-state index in [-0.39, 0.29) is 5.78 Å². The van der Waals surface area contributed by atoms with Crippen LogP contribution in [0, 0.1) is 0 Å². The Hall–Kier alpha value is -1.45. The van der Waals surface area contributed by atoms with Gasteiger partial charge in [-0.1, -0.05) is 12.1 Å². The van der Waals surface area contributed by atoms with E-state index in [1.165, 1.54) is 9.79 Å². The molecule has 0 amide bonds. The molecule has 1 nitrogen and oxygen atoms in total. The molecule has 108 valence electrons. The monoisotopic (exact) mass is 314 g/mol. The highest BCUT2D eigenvalue weighted by molar-refractivity contribution is 7.98. The van der Waals surface area contributed by atoms with Crippen LogP contribution in [-0.4, -0.2) is 18.3 Å². The molecule has 0 aliphatic rings. The maximum Gasteiger partial charge on any atom is 0.186 e. The third kappa shape index (κ3) is 4.26. The molecule has 2 aromatic carbocycles. The lowest BCUT2D eigenvalue weighted by molar-refractivity contribution is 0.104. The number of allylic oxidation sites excluding steroid dienone is 2. The fraction of sp³-hybridized carbons (Fsp3) is 0.167. The number of hydrogen-bond acceptors (Lipinski definition) is 3. The van der Waals surface area contributed by atoms with Crippen molar-refractivity contribution in [1.29, 1.82) is 0 Å². The van der Waals surface area contributed by atoms with Gasteiger partial charge in [-0.2, -0.15) is 0 Å². The molecular weight excluding hydrogens is 296 g/mol. The number of carbonyl (C=O) groups excluding carboxylic acids is 1. The summed E-state index contributed by atoms with van der Waals surface area (Å²) in [6, 6.07) is 16.0. The lowest BCUT2D eigenvalue weighted by Crippen LogP contribution is -1.95. The summed E-state index contributed by atoms with van der Waals surface area (Å²) in [5, 5.41) is 0. The highest BCUT2D eigenvalue weighted by Gasteiger charge is 2.04. The topological polar surface area (TPSA) is 17.1 Å². The van der Waals surface area contributed by atoms with Gasteiger partial charge in [0.2, 0.25) is 0 Å². The molecule has 2 aromatic rings. The molecule has 0 spiro atoms. The summed E-state index contributed by atoms with van der Waals surface area (Å²) in [5.41, 5.74) is 2.80.